The van der Waals surface area contributed by atoms with Gasteiger partial charge in [-0.25, -0.2) is 0 Å². The minimum absolute atomic E-state index is 0.775. The Kier molecular flexibility index (Phi) is 10.7. The topological polar surface area (TPSA) is 21.7 Å². The van der Waals surface area contributed by atoms with E-state index in [4.69, 9.17) is 9.47 Å². The summed E-state index contributed by atoms with van der Waals surface area (Å²) in [6.45, 7) is 6.01. The molecule has 0 bridgehead atoms. The molecular formula is C30H38NO2. The summed E-state index contributed by atoms with van der Waals surface area (Å²) >= 11 is 0. The van der Waals surface area contributed by atoms with Crippen molar-refractivity contribution in [1.82, 2.24) is 0 Å². The second kappa shape index (κ2) is 14.3. The minimum atomic E-state index is 0.775. The lowest BCUT2D eigenvalue weighted by Crippen LogP contribution is -2.10. The van der Waals surface area contributed by atoms with Crippen molar-refractivity contribution in [2.75, 3.05) is 18.1 Å². The van der Waals surface area contributed by atoms with Crippen molar-refractivity contribution in [3.63, 3.8) is 0 Å². The predicted molar refractivity (Wildman–Crippen MR) is 139 cm³/mol. The van der Waals surface area contributed by atoms with E-state index in [1.165, 1.54) is 38.5 Å². The van der Waals surface area contributed by atoms with Crippen LogP contribution in [0.4, 0.5) is 17.1 Å². The van der Waals surface area contributed by atoms with Crippen molar-refractivity contribution in [3.8, 4) is 11.5 Å². The molecule has 0 aliphatic carbocycles. The molecule has 0 saturated heterocycles. The van der Waals surface area contributed by atoms with Gasteiger partial charge in [0, 0.05) is 17.1 Å². The highest BCUT2D eigenvalue weighted by Gasteiger charge is 2.12. The van der Waals surface area contributed by atoms with E-state index >= 15 is 0 Å². The number of hydrogen-bond acceptors (Lipinski definition) is 3. The van der Waals surface area contributed by atoms with Crippen molar-refractivity contribution >= 4 is 17.1 Å². The van der Waals surface area contributed by atoms with E-state index in [1.54, 1.807) is 0 Å². The number of hydrogen-bond donors (Lipinski definition) is 0. The third kappa shape index (κ3) is 8.16. The number of rotatable bonds is 15. The van der Waals surface area contributed by atoms with Gasteiger partial charge in [-0.3, -0.25) is 0 Å². The van der Waals surface area contributed by atoms with Gasteiger partial charge in [0.15, 0.2) is 0 Å². The van der Waals surface area contributed by atoms with Crippen molar-refractivity contribution in [1.29, 1.82) is 0 Å². The van der Waals surface area contributed by atoms with Gasteiger partial charge in [-0.2, -0.15) is 0 Å². The molecule has 0 atom stereocenters. The van der Waals surface area contributed by atoms with Crippen molar-refractivity contribution < 1.29 is 9.47 Å². The molecule has 0 aliphatic heterocycles. The summed E-state index contributed by atoms with van der Waals surface area (Å²) in [5, 5.41) is 0. The normalized spacial score (nSPS) is 10.7. The molecular weight excluding hydrogens is 406 g/mol. The quantitative estimate of drug-likeness (QED) is 0.218. The van der Waals surface area contributed by atoms with E-state index in [-0.39, 0.29) is 0 Å². The van der Waals surface area contributed by atoms with E-state index in [0.29, 0.717) is 0 Å². The van der Waals surface area contributed by atoms with Crippen LogP contribution in [0.15, 0.2) is 72.8 Å². The molecule has 3 nitrogen and oxygen atoms in total. The van der Waals surface area contributed by atoms with Gasteiger partial charge in [0.05, 0.1) is 13.2 Å². The van der Waals surface area contributed by atoms with Crippen LogP contribution in [0.25, 0.3) is 0 Å². The van der Waals surface area contributed by atoms with E-state index in [9.17, 15) is 0 Å². The molecule has 0 amide bonds. The van der Waals surface area contributed by atoms with Gasteiger partial charge in [0.25, 0.3) is 0 Å². The van der Waals surface area contributed by atoms with E-state index in [2.05, 4.69) is 85.5 Å². The van der Waals surface area contributed by atoms with Gasteiger partial charge < -0.3 is 14.4 Å². The minimum Gasteiger partial charge on any atom is -0.494 e. The summed E-state index contributed by atoms with van der Waals surface area (Å²) in [5.41, 5.74) is 3.27. The Hall–Kier alpha value is -2.94. The van der Waals surface area contributed by atoms with Gasteiger partial charge >= 0.3 is 0 Å². The first kappa shape index (κ1) is 24.7. The highest BCUT2D eigenvalue weighted by Crippen LogP contribution is 2.35. The maximum absolute atomic E-state index is 5.94. The molecule has 3 rings (SSSR count). The number of anilines is 3. The van der Waals surface area contributed by atoms with Crippen LogP contribution in [0.2, 0.25) is 0 Å². The monoisotopic (exact) mass is 444 g/mol. The molecule has 3 heteroatoms. The van der Waals surface area contributed by atoms with E-state index in [0.717, 1.165) is 54.6 Å². The van der Waals surface area contributed by atoms with E-state index in [1.807, 2.05) is 12.1 Å². The van der Waals surface area contributed by atoms with Crippen molar-refractivity contribution in [2.24, 2.45) is 0 Å². The fourth-order valence-corrected chi connectivity index (χ4v) is 3.79. The molecule has 0 unspecified atom stereocenters. The Labute approximate surface area is 200 Å². The van der Waals surface area contributed by atoms with E-state index < -0.39 is 0 Å². The average Bonchev–Trinajstić information content (AvgIpc) is 2.86. The third-order valence-corrected chi connectivity index (χ3v) is 5.68. The molecule has 33 heavy (non-hydrogen) atoms. The summed E-state index contributed by atoms with van der Waals surface area (Å²) < 4.78 is 11.9. The molecule has 175 valence electrons. The molecule has 3 aromatic rings. The average molecular weight is 445 g/mol. The van der Waals surface area contributed by atoms with Gasteiger partial charge in [-0.15, -0.1) is 0 Å². The zero-order chi connectivity index (χ0) is 23.1. The third-order valence-electron chi connectivity index (χ3n) is 5.68. The van der Waals surface area contributed by atoms with Gasteiger partial charge in [-0.05, 0) is 79.6 Å². The molecule has 1 radical (unpaired) electrons. The van der Waals surface area contributed by atoms with Gasteiger partial charge in [-0.1, -0.05) is 64.5 Å². The molecule has 0 saturated carbocycles. The second-order valence-electron chi connectivity index (χ2n) is 8.40. The Balaban J connectivity index is 1.68. The van der Waals surface area contributed by atoms with Gasteiger partial charge in [0.1, 0.15) is 11.5 Å². The number of benzene rings is 3. The van der Waals surface area contributed by atoms with Crippen LogP contribution in [0.3, 0.4) is 0 Å². The van der Waals surface area contributed by atoms with Crippen LogP contribution in [0.1, 0.15) is 65.2 Å². The lowest BCUT2D eigenvalue weighted by atomic mass is 10.2. The molecule has 0 spiro atoms. The number of nitrogens with zero attached hydrogens (tertiary/aromatic N) is 1. The summed E-state index contributed by atoms with van der Waals surface area (Å²) in [5.74, 6) is 1.84. The lowest BCUT2D eigenvalue weighted by Gasteiger charge is -2.25. The summed E-state index contributed by atoms with van der Waals surface area (Å²) in [6, 6.07) is 27.9. The van der Waals surface area contributed by atoms with Crippen molar-refractivity contribution in [2.45, 2.75) is 65.2 Å². The van der Waals surface area contributed by atoms with Crippen LogP contribution < -0.4 is 14.4 Å². The first-order valence-corrected chi connectivity index (χ1v) is 12.5. The smallest absolute Gasteiger partial charge is 0.119 e. The largest absolute Gasteiger partial charge is 0.494 e. The summed E-state index contributed by atoms with van der Waals surface area (Å²) in [7, 11) is 0. The Morgan fingerprint density at radius 3 is 1.39 bits per heavy atom. The summed E-state index contributed by atoms with van der Waals surface area (Å²) in [4.78, 5) is 2.24. The molecule has 0 aromatic heterocycles. The molecule has 0 aliphatic rings. The molecule has 0 fully saturated rings. The van der Waals surface area contributed by atoms with Crippen LogP contribution in [-0.4, -0.2) is 13.2 Å². The van der Waals surface area contributed by atoms with Crippen LogP contribution in [0.5, 0.6) is 11.5 Å². The Morgan fingerprint density at radius 1 is 0.545 bits per heavy atom. The van der Waals surface area contributed by atoms with Gasteiger partial charge in [0.2, 0.25) is 0 Å². The van der Waals surface area contributed by atoms with Crippen LogP contribution in [-0.2, 0) is 0 Å². The maximum atomic E-state index is 5.94. The fraction of sp³-hybridized carbons (Fsp3) is 0.400. The SMILES string of the molecule is CCCCCCOc1ccc(N(c2cc[c]cc2)c2ccc(OCCCCCC)cc2)cc1. The number of ether oxygens (including phenoxy) is 2. The van der Waals surface area contributed by atoms with Crippen LogP contribution >= 0.6 is 0 Å². The molecule has 3 aromatic carbocycles. The van der Waals surface area contributed by atoms with Crippen LogP contribution in [0, 0.1) is 6.07 Å². The first-order valence-electron chi connectivity index (χ1n) is 12.5. The maximum Gasteiger partial charge on any atom is 0.119 e. The predicted octanol–water partition coefficient (Wildman–Crippen LogP) is 8.87. The summed E-state index contributed by atoms with van der Waals surface area (Å²) in [6.07, 6.45) is 9.70. The molecule has 0 N–H and O–H groups in total. The standard InChI is InChI=1S/C30H38NO2/c1-3-5-7-12-24-32-29-20-16-27(17-21-29)31(26-14-10-9-11-15-26)28-18-22-30(23-19-28)33-25-13-8-6-4-2/h10-11,14-23H,3-8,12-13,24-25H2,1-2H3. The zero-order valence-electron chi connectivity index (χ0n) is 20.3. The molecule has 0 heterocycles. The second-order valence-corrected chi connectivity index (χ2v) is 8.40. The fourth-order valence-electron chi connectivity index (χ4n) is 3.79. The number of unbranched alkanes of at least 4 members (excludes halogenated alkanes) is 6. The Morgan fingerprint density at radius 2 is 0.970 bits per heavy atom. The highest BCUT2D eigenvalue weighted by molar-refractivity contribution is 5.76. The zero-order valence-corrected chi connectivity index (χ0v) is 20.3. The lowest BCUT2D eigenvalue weighted by molar-refractivity contribution is 0.305. The Bertz CT molecular complexity index is 833. The first-order chi connectivity index (χ1) is 16.3. The highest BCUT2D eigenvalue weighted by atomic mass is 16.5. The van der Waals surface area contributed by atoms with Crippen molar-refractivity contribution in [3.05, 3.63) is 78.9 Å².